The molecule has 0 amide bonds. The minimum atomic E-state index is -0.980. The van der Waals surface area contributed by atoms with Crippen molar-refractivity contribution in [1.82, 2.24) is 0 Å². The molecule has 0 aromatic heterocycles. The number of hydrogen-bond acceptors (Lipinski definition) is 5. The van der Waals surface area contributed by atoms with Crippen LogP contribution in [-0.4, -0.2) is 58.8 Å². The van der Waals surface area contributed by atoms with Gasteiger partial charge in [-0.3, -0.25) is 9.59 Å². The first kappa shape index (κ1) is 48.8. The Morgan fingerprint density at radius 2 is 1.02 bits per heavy atom. The van der Waals surface area contributed by atoms with Crippen LogP contribution >= 0.6 is 37.2 Å². The van der Waals surface area contributed by atoms with E-state index in [0.29, 0.717) is 13.3 Å². The molecule has 0 atom stereocenters. The summed E-state index contributed by atoms with van der Waals surface area (Å²) in [5, 5.41) is 35.2. The third kappa shape index (κ3) is 21.7. The summed E-state index contributed by atoms with van der Waals surface area (Å²) in [7, 11) is 0. The van der Waals surface area contributed by atoms with E-state index >= 15 is 0 Å². The number of rotatable bonds is 11. The molecule has 272 valence electrons. The molecule has 48 heavy (non-hydrogen) atoms. The average molecular weight is 1010 g/mol. The predicted octanol–water partition coefficient (Wildman–Crippen LogP) is 6.81. The van der Waals surface area contributed by atoms with Crippen LogP contribution in [0.5, 0.6) is 0 Å². The fourth-order valence-electron chi connectivity index (χ4n) is 5.07. The molecule has 1 fully saturated rings. The molecule has 3 aromatic carbocycles. The number of carbonyl (C=O) groups is 2. The van der Waals surface area contributed by atoms with Crippen LogP contribution in [0.3, 0.4) is 0 Å². The van der Waals surface area contributed by atoms with E-state index in [2.05, 4.69) is 99.6 Å². The molecule has 4 N–H and O–H groups in total. The van der Waals surface area contributed by atoms with Gasteiger partial charge in [-0.15, -0.1) is 0 Å². The Balaban J connectivity index is 0. The van der Waals surface area contributed by atoms with Crippen molar-refractivity contribution in [3.8, 4) is 0 Å². The number of aryl methyl sites for hydroxylation is 3. The van der Waals surface area contributed by atoms with Crippen molar-refractivity contribution in [1.29, 1.82) is 0 Å². The summed E-state index contributed by atoms with van der Waals surface area (Å²) in [6.07, 6.45) is 3.50. The van der Waals surface area contributed by atoms with Gasteiger partial charge in [0.1, 0.15) is 0 Å². The topological polar surface area (TPSA) is 124 Å². The normalized spacial score (nSPS) is 12.2. The monoisotopic (exact) mass is 1010 g/mol. The van der Waals surface area contributed by atoms with Crippen LogP contribution in [0.1, 0.15) is 105 Å². The van der Waals surface area contributed by atoms with Crippen molar-refractivity contribution in [2.45, 2.75) is 91.9 Å². The van der Waals surface area contributed by atoms with Crippen LogP contribution in [0, 0.1) is 20.8 Å². The van der Waals surface area contributed by atoms with Crippen LogP contribution in [0.25, 0.3) is 0 Å². The van der Waals surface area contributed by atoms with Crippen LogP contribution in [0.4, 0.5) is 0 Å². The van der Waals surface area contributed by atoms with Gasteiger partial charge in [0.25, 0.3) is 0 Å². The van der Waals surface area contributed by atoms with Gasteiger partial charge in [-0.05, 0) is 75.0 Å². The molecular weight excluding hydrogens is 949 g/mol. The fraction of sp³-hybridized carbons (Fsp3) is 0.474. The van der Waals surface area contributed by atoms with Crippen molar-refractivity contribution in [3.63, 3.8) is 0 Å². The van der Waals surface area contributed by atoms with Gasteiger partial charge in [0, 0.05) is 32.3 Å². The molecule has 0 spiro atoms. The van der Waals surface area contributed by atoms with Gasteiger partial charge in [0.2, 0.25) is 0 Å². The molecule has 0 bridgehead atoms. The zero-order valence-corrected chi connectivity index (χ0v) is 33.4. The van der Waals surface area contributed by atoms with E-state index < -0.39 is 17.9 Å². The first-order valence-electron chi connectivity index (χ1n) is 15.3. The summed E-state index contributed by atoms with van der Waals surface area (Å²) in [6.45, 7) is 8.33. The number of hydrogen-bond donors (Lipinski definition) is 4. The number of carboxylic acids is 2. The summed E-state index contributed by atoms with van der Waals surface area (Å²) >= 11 is 5.30. The zero-order valence-electron chi connectivity index (χ0n) is 26.9. The van der Waals surface area contributed by atoms with E-state index in [-0.39, 0.29) is 46.8 Å². The fourth-order valence-corrected chi connectivity index (χ4v) is 5.07. The number of benzene rings is 3. The Morgan fingerprint density at radius 1 is 0.688 bits per heavy atom. The van der Waals surface area contributed by atoms with Crippen LogP contribution < -0.4 is 13.3 Å². The van der Waals surface area contributed by atoms with Crippen molar-refractivity contribution in [2.24, 2.45) is 0 Å². The molecule has 1 aliphatic rings. The summed E-state index contributed by atoms with van der Waals surface area (Å²) in [6, 6.07) is 24.5. The molecule has 1 saturated heterocycles. The molecule has 0 radical (unpaired) electrons. The molecule has 1 aliphatic heterocycles. The molecular formula is C38H56I3O7-. The van der Waals surface area contributed by atoms with Gasteiger partial charge in [-0.25, -0.2) is 0 Å². The Hall–Kier alpha value is -1.33. The molecule has 0 saturated carbocycles. The molecule has 0 unspecified atom stereocenters. The van der Waals surface area contributed by atoms with Crippen molar-refractivity contribution in [2.75, 3.05) is 26.4 Å². The van der Waals surface area contributed by atoms with E-state index in [9.17, 15) is 9.59 Å². The second kappa shape index (κ2) is 29.4. The third-order valence-electron chi connectivity index (χ3n) is 7.66. The number of ether oxygens (including phenoxy) is 1. The van der Waals surface area contributed by atoms with Gasteiger partial charge in [0.05, 0.1) is 12.8 Å². The summed E-state index contributed by atoms with van der Waals surface area (Å²) in [5.74, 6) is -1.41. The first-order valence-corrected chi connectivity index (χ1v) is 27.9. The van der Waals surface area contributed by atoms with E-state index in [0.717, 1.165) is 43.1 Å². The number of aliphatic hydroxyl groups is 2. The standard InChI is InChI=1S/C12H14O4.C12H18O2.C12H16O.2CH4.I3/c1-8-2-4-9(5-3-8)10(6-11(13)14)7-12(15)16;1-10-2-4-11(5-3-10)12(6-8-13)7-9-14;1-10-2-4-11(5-3-10)12-6-8-13-9-7-12;;;1-3-2/h2-5,10H,6-7H2,1H3,(H,13,14)(H,15,16);2-5,12-14H,6-9H2,1H3;2-5,12H,6-9H2,1H3;2*1H4;/q;;;;;-1. The average Bonchev–Trinajstić information content (AvgIpc) is 3.03. The first-order chi connectivity index (χ1) is 22.0. The summed E-state index contributed by atoms with van der Waals surface area (Å²) in [5.41, 5.74) is 7.09. The Kier molecular flexibility index (Phi) is 29.9. The summed E-state index contributed by atoms with van der Waals surface area (Å²) in [4.78, 5) is 21.3. The number of aliphatic hydroxyl groups excluding tert-OH is 2. The van der Waals surface area contributed by atoms with Crippen molar-refractivity contribution >= 4 is 49.2 Å². The maximum absolute atomic E-state index is 10.6. The Labute approximate surface area is 318 Å². The van der Waals surface area contributed by atoms with Crippen molar-refractivity contribution in [3.05, 3.63) is 106 Å². The molecule has 1 heterocycles. The van der Waals surface area contributed by atoms with E-state index in [1.165, 1.54) is 35.1 Å². The van der Waals surface area contributed by atoms with Crippen LogP contribution in [0.15, 0.2) is 72.8 Å². The predicted molar refractivity (Wildman–Crippen MR) is 211 cm³/mol. The third-order valence-corrected chi connectivity index (χ3v) is 7.66. The van der Waals surface area contributed by atoms with E-state index in [4.69, 9.17) is 25.2 Å². The SMILES string of the molecule is C.C.Cc1ccc(C(CC(=O)O)CC(=O)O)cc1.Cc1ccc(C(CCO)CCO)cc1.Cc1ccc(C2CCOCC2)cc1.I[I-]I. The Morgan fingerprint density at radius 3 is 1.35 bits per heavy atom. The number of carboxylic acid groups (broad SMARTS) is 2. The molecule has 3 aromatic rings. The number of halogens is 3. The van der Waals surface area contributed by atoms with Gasteiger partial charge in [0.15, 0.2) is 0 Å². The zero-order chi connectivity index (χ0) is 34.3. The van der Waals surface area contributed by atoms with Crippen LogP contribution in [-0.2, 0) is 14.3 Å². The maximum atomic E-state index is 10.6. The van der Waals surface area contributed by atoms with Gasteiger partial charge < -0.3 is 25.2 Å². The minimum absolute atomic E-state index is 0. The van der Waals surface area contributed by atoms with Crippen molar-refractivity contribution < 1.29 is 48.0 Å². The second-order valence-corrected chi connectivity index (χ2v) is 27.5. The van der Waals surface area contributed by atoms with Gasteiger partial charge in [-0.1, -0.05) is 104 Å². The molecule has 10 heteroatoms. The quantitative estimate of drug-likeness (QED) is 0.156. The van der Waals surface area contributed by atoms with E-state index in [1.807, 2.05) is 19.1 Å². The molecule has 4 rings (SSSR count). The Bertz CT molecular complexity index is 1210. The van der Waals surface area contributed by atoms with Gasteiger partial charge >= 0.3 is 62.4 Å². The molecule has 7 nitrogen and oxygen atoms in total. The second-order valence-electron chi connectivity index (χ2n) is 11.3. The number of aliphatic carboxylic acids is 2. The van der Waals surface area contributed by atoms with Gasteiger partial charge in [-0.2, -0.15) is 0 Å². The van der Waals surface area contributed by atoms with Crippen LogP contribution in [0.2, 0.25) is 0 Å². The summed E-state index contributed by atoms with van der Waals surface area (Å²) < 4.78 is 5.34. The van der Waals surface area contributed by atoms with E-state index in [1.54, 1.807) is 12.1 Å². The molecule has 0 aliphatic carbocycles.